The molecule has 2 bridgehead atoms. The summed E-state index contributed by atoms with van der Waals surface area (Å²) in [5.41, 5.74) is 5.81. The SMILES string of the molecule is O=C(N/N=C\C12c3ccccc3C(c3ccccc31)[C@H]1C(=O)N(c3cccc4ccccc34)C(=O)[C@H]12)c1ccccc1O. The first-order valence-corrected chi connectivity index (χ1v) is 14.2. The lowest BCUT2D eigenvalue weighted by molar-refractivity contribution is -0.122. The Morgan fingerprint density at radius 3 is 2.14 bits per heavy atom. The fourth-order valence-corrected chi connectivity index (χ4v) is 7.61. The topological polar surface area (TPSA) is 99.1 Å². The standard InChI is InChI=1S/C36H25N3O4/c40-29-19-8-5-15-25(29)33(41)38-37-20-36-26-16-6-3-13-23(26)30(24-14-4-7-17-27(24)36)31-32(36)35(43)39(34(31)42)28-18-9-11-21-10-1-2-12-22(21)28/h1-20,30-32,40H,(H,38,41)/b37-20-/t30?,31-,32+,36?/m1/s1. The van der Waals surface area contributed by atoms with Crippen molar-refractivity contribution in [3.05, 3.63) is 143 Å². The normalized spacial score (nSPS) is 23.3. The molecule has 208 valence electrons. The number of hydrazone groups is 1. The Kier molecular flexibility index (Phi) is 5.40. The molecule has 0 radical (unpaired) electrons. The number of benzene rings is 5. The highest BCUT2D eigenvalue weighted by Crippen LogP contribution is 2.63. The molecule has 0 unspecified atom stereocenters. The van der Waals surface area contributed by atoms with Crippen molar-refractivity contribution in [3.8, 4) is 5.75 Å². The number of anilines is 1. The van der Waals surface area contributed by atoms with E-state index in [1.54, 1.807) is 18.3 Å². The molecule has 3 aliphatic carbocycles. The molecular weight excluding hydrogens is 538 g/mol. The van der Waals surface area contributed by atoms with E-state index in [0.29, 0.717) is 5.69 Å². The van der Waals surface area contributed by atoms with E-state index in [9.17, 15) is 19.5 Å². The van der Waals surface area contributed by atoms with Gasteiger partial charge in [-0.15, -0.1) is 0 Å². The summed E-state index contributed by atoms with van der Waals surface area (Å²) in [6, 6.07) is 35.4. The fourth-order valence-electron chi connectivity index (χ4n) is 7.61. The van der Waals surface area contributed by atoms with Crippen LogP contribution in [0.1, 0.15) is 38.5 Å². The largest absolute Gasteiger partial charge is 0.507 e. The lowest BCUT2D eigenvalue weighted by atomic mass is 9.47. The maximum atomic E-state index is 14.7. The van der Waals surface area contributed by atoms with Crippen LogP contribution in [0.5, 0.6) is 5.75 Å². The van der Waals surface area contributed by atoms with E-state index in [1.807, 2.05) is 91.0 Å². The second-order valence-corrected chi connectivity index (χ2v) is 11.3. The summed E-state index contributed by atoms with van der Waals surface area (Å²) >= 11 is 0. The van der Waals surface area contributed by atoms with Crippen LogP contribution in [0, 0.1) is 11.8 Å². The summed E-state index contributed by atoms with van der Waals surface area (Å²) in [7, 11) is 0. The Hall–Kier alpha value is -5.56. The van der Waals surface area contributed by atoms with Crippen molar-refractivity contribution in [3.63, 3.8) is 0 Å². The van der Waals surface area contributed by atoms with Crippen molar-refractivity contribution < 1.29 is 19.5 Å². The van der Waals surface area contributed by atoms with Crippen molar-refractivity contribution in [2.24, 2.45) is 16.9 Å². The highest BCUT2D eigenvalue weighted by Gasteiger charge is 2.68. The van der Waals surface area contributed by atoms with Gasteiger partial charge in [0.1, 0.15) is 5.75 Å². The predicted octanol–water partition coefficient (Wildman–Crippen LogP) is 5.51. The van der Waals surface area contributed by atoms with Gasteiger partial charge >= 0.3 is 0 Å². The van der Waals surface area contributed by atoms with Crippen LogP contribution < -0.4 is 10.3 Å². The van der Waals surface area contributed by atoms with Crippen LogP contribution >= 0.6 is 0 Å². The molecule has 43 heavy (non-hydrogen) atoms. The molecular formula is C36H25N3O4. The Labute approximate surface area is 247 Å². The van der Waals surface area contributed by atoms with Gasteiger partial charge in [-0.2, -0.15) is 5.10 Å². The molecule has 7 heteroatoms. The number of phenols is 1. The van der Waals surface area contributed by atoms with E-state index in [1.165, 1.54) is 17.0 Å². The number of para-hydroxylation sites is 1. The van der Waals surface area contributed by atoms with Gasteiger partial charge in [-0.25, -0.2) is 10.3 Å². The van der Waals surface area contributed by atoms with Crippen molar-refractivity contribution in [1.82, 2.24) is 5.43 Å². The first kappa shape index (κ1) is 25.2. The number of imide groups is 1. The maximum absolute atomic E-state index is 14.7. The quantitative estimate of drug-likeness (QED) is 0.171. The van der Waals surface area contributed by atoms with Gasteiger partial charge < -0.3 is 5.11 Å². The third kappa shape index (κ3) is 3.36. The third-order valence-electron chi connectivity index (χ3n) is 9.27. The van der Waals surface area contributed by atoms with Crippen LogP contribution in [0.25, 0.3) is 10.8 Å². The number of rotatable bonds is 4. The van der Waals surface area contributed by atoms with Gasteiger partial charge in [-0.3, -0.25) is 14.4 Å². The van der Waals surface area contributed by atoms with E-state index in [4.69, 9.17) is 0 Å². The van der Waals surface area contributed by atoms with Gasteiger partial charge in [0, 0.05) is 17.5 Å². The molecule has 0 aromatic heterocycles. The predicted molar refractivity (Wildman–Crippen MR) is 163 cm³/mol. The number of hydrogen-bond donors (Lipinski definition) is 2. The summed E-state index contributed by atoms with van der Waals surface area (Å²) in [6.07, 6.45) is 1.62. The van der Waals surface area contributed by atoms with Gasteiger partial charge in [0.15, 0.2) is 0 Å². The van der Waals surface area contributed by atoms with Crippen LogP contribution in [0.4, 0.5) is 5.69 Å². The molecule has 1 saturated heterocycles. The molecule has 3 amide bonds. The number of aromatic hydroxyl groups is 1. The highest BCUT2D eigenvalue weighted by atomic mass is 16.3. The van der Waals surface area contributed by atoms with Gasteiger partial charge in [0.25, 0.3) is 5.91 Å². The summed E-state index contributed by atoms with van der Waals surface area (Å²) < 4.78 is 0. The molecule has 4 aliphatic rings. The number of carbonyl (C=O) groups is 3. The Morgan fingerprint density at radius 1 is 0.767 bits per heavy atom. The number of hydrogen-bond acceptors (Lipinski definition) is 5. The zero-order valence-electron chi connectivity index (χ0n) is 22.8. The number of phenolic OH excluding ortho intramolecular Hbond substituents is 1. The number of nitrogens with zero attached hydrogens (tertiary/aromatic N) is 2. The molecule has 5 aromatic rings. The summed E-state index contributed by atoms with van der Waals surface area (Å²) in [5, 5.41) is 16.4. The maximum Gasteiger partial charge on any atom is 0.275 e. The molecule has 2 N–H and O–H groups in total. The first-order chi connectivity index (χ1) is 21.0. The van der Waals surface area contributed by atoms with E-state index in [0.717, 1.165) is 33.0 Å². The second-order valence-electron chi connectivity index (χ2n) is 11.3. The Balaban J connectivity index is 1.32. The zero-order valence-corrected chi connectivity index (χ0v) is 22.8. The molecule has 1 heterocycles. The number of amides is 3. The van der Waals surface area contributed by atoms with E-state index in [-0.39, 0.29) is 29.0 Å². The lowest BCUT2D eigenvalue weighted by Crippen LogP contribution is -2.54. The average molecular weight is 564 g/mol. The first-order valence-electron chi connectivity index (χ1n) is 14.2. The summed E-state index contributed by atoms with van der Waals surface area (Å²) in [4.78, 5) is 43.6. The van der Waals surface area contributed by atoms with Crippen LogP contribution in [-0.2, 0) is 15.0 Å². The third-order valence-corrected chi connectivity index (χ3v) is 9.27. The van der Waals surface area contributed by atoms with Crippen molar-refractivity contribution in [2.45, 2.75) is 11.3 Å². The van der Waals surface area contributed by atoms with Crippen molar-refractivity contribution >= 4 is 40.4 Å². The molecule has 0 saturated carbocycles. The Bertz CT molecular complexity index is 1980. The number of carbonyl (C=O) groups excluding carboxylic acids is 3. The van der Waals surface area contributed by atoms with Gasteiger partial charge in [-0.05, 0) is 45.8 Å². The fraction of sp³-hybridized carbons (Fsp3) is 0.111. The minimum Gasteiger partial charge on any atom is -0.507 e. The van der Waals surface area contributed by atoms with Crippen molar-refractivity contribution in [1.29, 1.82) is 0 Å². The highest BCUT2D eigenvalue weighted by molar-refractivity contribution is 6.27. The van der Waals surface area contributed by atoms with Gasteiger partial charge in [-0.1, -0.05) is 97.1 Å². The van der Waals surface area contributed by atoms with E-state index in [2.05, 4.69) is 10.5 Å². The lowest BCUT2D eigenvalue weighted by Gasteiger charge is -2.52. The number of fused-ring (bicyclic) bond motifs is 1. The molecule has 0 spiro atoms. The van der Waals surface area contributed by atoms with Crippen LogP contribution in [0.15, 0.2) is 120 Å². The molecule has 2 atom stereocenters. The minimum atomic E-state index is -1.12. The monoisotopic (exact) mass is 563 g/mol. The van der Waals surface area contributed by atoms with Gasteiger partial charge in [0.2, 0.25) is 11.8 Å². The molecule has 9 rings (SSSR count). The van der Waals surface area contributed by atoms with Gasteiger partial charge in [0.05, 0.1) is 28.5 Å². The van der Waals surface area contributed by atoms with E-state index >= 15 is 0 Å². The molecule has 7 nitrogen and oxygen atoms in total. The average Bonchev–Trinajstić information content (AvgIpc) is 3.31. The van der Waals surface area contributed by atoms with E-state index < -0.39 is 23.2 Å². The summed E-state index contributed by atoms with van der Waals surface area (Å²) in [5.74, 6) is -3.02. The van der Waals surface area contributed by atoms with Crippen LogP contribution in [-0.4, -0.2) is 29.0 Å². The summed E-state index contributed by atoms with van der Waals surface area (Å²) in [6.45, 7) is 0. The van der Waals surface area contributed by atoms with Crippen LogP contribution in [0.3, 0.4) is 0 Å². The molecule has 1 aliphatic heterocycles. The second kappa shape index (κ2) is 9.22. The smallest absolute Gasteiger partial charge is 0.275 e. The molecule has 1 fully saturated rings. The zero-order chi connectivity index (χ0) is 29.3. The van der Waals surface area contributed by atoms with Crippen molar-refractivity contribution in [2.75, 3.05) is 4.90 Å². The Morgan fingerprint density at radius 2 is 1.40 bits per heavy atom. The molecule has 5 aromatic carbocycles. The minimum absolute atomic E-state index is 0.0810. The number of nitrogens with one attached hydrogen (secondary N) is 1. The van der Waals surface area contributed by atoms with Crippen LogP contribution in [0.2, 0.25) is 0 Å².